The van der Waals surface area contributed by atoms with E-state index in [1.807, 2.05) is 30.2 Å². The molecule has 2 aromatic carbocycles. The molecule has 6 nitrogen and oxygen atoms in total. The molecule has 5 rings (SSSR count). The van der Waals surface area contributed by atoms with Gasteiger partial charge in [-0.05, 0) is 48.7 Å². The molecule has 5 aromatic rings. The summed E-state index contributed by atoms with van der Waals surface area (Å²) < 4.78 is 4.15. The number of aryl methyl sites for hydroxylation is 3. The quantitative estimate of drug-likeness (QED) is 0.269. The third-order valence-electron chi connectivity index (χ3n) is 5.57. The van der Waals surface area contributed by atoms with Gasteiger partial charge in [-0.15, -0.1) is 0 Å². The number of fused-ring (bicyclic) bond motifs is 1. The molecule has 0 atom stereocenters. The van der Waals surface area contributed by atoms with Crippen LogP contribution in [0.15, 0.2) is 72.4 Å². The van der Waals surface area contributed by atoms with Crippen molar-refractivity contribution in [2.24, 2.45) is 7.05 Å². The van der Waals surface area contributed by atoms with Gasteiger partial charge in [-0.3, -0.25) is 4.68 Å². The standard InChI is InChI=1S/C25H24N6S/c1-17-5-6-18(2)20(11-17)15-31-23-12-19(21-13-28-30(3)14-21)7-8-22(23)29-24(31)16-32-25-26-9-4-10-27-25/h4-14H,15-16H2,1-3H3. The van der Waals surface area contributed by atoms with Crippen molar-refractivity contribution in [1.82, 2.24) is 29.3 Å². The van der Waals surface area contributed by atoms with E-state index < -0.39 is 0 Å². The van der Waals surface area contributed by atoms with Gasteiger partial charge in [0.1, 0.15) is 5.82 Å². The van der Waals surface area contributed by atoms with Crippen LogP contribution >= 0.6 is 11.8 Å². The maximum absolute atomic E-state index is 4.98. The molecule has 0 saturated heterocycles. The number of imidazole rings is 1. The van der Waals surface area contributed by atoms with Crippen molar-refractivity contribution in [2.75, 3.05) is 0 Å². The van der Waals surface area contributed by atoms with Crippen LogP contribution in [0.25, 0.3) is 22.2 Å². The zero-order chi connectivity index (χ0) is 22.1. The Bertz CT molecular complexity index is 1390. The summed E-state index contributed by atoms with van der Waals surface area (Å²) in [7, 11) is 1.94. The second-order valence-electron chi connectivity index (χ2n) is 7.97. The van der Waals surface area contributed by atoms with Crippen molar-refractivity contribution >= 4 is 22.8 Å². The summed E-state index contributed by atoms with van der Waals surface area (Å²) in [6, 6.07) is 14.9. The van der Waals surface area contributed by atoms with Crippen LogP contribution in [0.3, 0.4) is 0 Å². The predicted molar refractivity (Wildman–Crippen MR) is 129 cm³/mol. The molecule has 0 aliphatic heterocycles. The van der Waals surface area contributed by atoms with E-state index in [2.05, 4.69) is 69.9 Å². The first-order valence-electron chi connectivity index (χ1n) is 10.5. The first-order chi connectivity index (χ1) is 15.6. The number of nitrogens with zero attached hydrogens (tertiary/aromatic N) is 6. The minimum absolute atomic E-state index is 0.700. The molecule has 32 heavy (non-hydrogen) atoms. The third kappa shape index (κ3) is 4.16. The van der Waals surface area contributed by atoms with E-state index in [9.17, 15) is 0 Å². The summed E-state index contributed by atoms with van der Waals surface area (Å²) in [5.41, 5.74) is 8.20. The van der Waals surface area contributed by atoms with Crippen LogP contribution in [-0.2, 0) is 19.3 Å². The molecule has 3 aromatic heterocycles. The molecule has 3 heterocycles. The van der Waals surface area contributed by atoms with Crippen molar-refractivity contribution < 1.29 is 0 Å². The molecule has 0 fully saturated rings. The molecule has 0 N–H and O–H groups in total. The monoisotopic (exact) mass is 440 g/mol. The van der Waals surface area contributed by atoms with Gasteiger partial charge < -0.3 is 4.57 Å². The summed E-state index contributed by atoms with van der Waals surface area (Å²) >= 11 is 1.61. The molecular formula is C25H24N6S. The Morgan fingerprint density at radius 2 is 1.81 bits per heavy atom. The van der Waals surface area contributed by atoms with Crippen LogP contribution in [0.1, 0.15) is 22.5 Å². The topological polar surface area (TPSA) is 61.4 Å². The highest BCUT2D eigenvalue weighted by molar-refractivity contribution is 7.98. The Morgan fingerprint density at radius 3 is 2.59 bits per heavy atom. The van der Waals surface area contributed by atoms with Crippen molar-refractivity contribution in [1.29, 1.82) is 0 Å². The van der Waals surface area contributed by atoms with Crippen LogP contribution in [0, 0.1) is 13.8 Å². The summed E-state index contributed by atoms with van der Waals surface area (Å²) in [5.74, 6) is 1.72. The Hall–Kier alpha value is -3.45. The third-order valence-corrected chi connectivity index (χ3v) is 6.44. The summed E-state index contributed by atoms with van der Waals surface area (Å²) in [6.07, 6.45) is 7.48. The van der Waals surface area contributed by atoms with Gasteiger partial charge in [0.05, 0.1) is 23.0 Å². The lowest BCUT2D eigenvalue weighted by molar-refractivity contribution is 0.768. The maximum atomic E-state index is 4.98. The molecule has 0 aliphatic rings. The van der Waals surface area contributed by atoms with Crippen LogP contribution in [0.4, 0.5) is 0 Å². The molecule has 0 radical (unpaired) electrons. The molecule has 0 bridgehead atoms. The molecule has 0 spiro atoms. The molecular weight excluding hydrogens is 416 g/mol. The zero-order valence-electron chi connectivity index (χ0n) is 18.4. The predicted octanol–water partition coefficient (Wildman–Crippen LogP) is 5.18. The lowest BCUT2D eigenvalue weighted by Gasteiger charge is -2.13. The molecule has 160 valence electrons. The van der Waals surface area contributed by atoms with Gasteiger partial charge in [-0.1, -0.05) is 41.6 Å². The number of thioether (sulfide) groups is 1. The van der Waals surface area contributed by atoms with Crippen molar-refractivity contribution in [3.05, 3.63) is 89.8 Å². The fraction of sp³-hybridized carbons (Fsp3) is 0.200. The molecule has 0 unspecified atom stereocenters. The number of hydrogen-bond acceptors (Lipinski definition) is 5. The van der Waals surface area contributed by atoms with E-state index in [1.54, 1.807) is 24.2 Å². The SMILES string of the molecule is Cc1ccc(C)c(Cn2c(CSc3ncccn3)nc3ccc(-c4cnn(C)c4)cc32)c1. The van der Waals surface area contributed by atoms with E-state index in [-0.39, 0.29) is 0 Å². The Morgan fingerprint density at radius 1 is 0.969 bits per heavy atom. The Labute approximate surface area is 191 Å². The first kappa shape index (κ1) is 20.5. The molecule has 0 aliphatic carbocycles. The van der Waals surface area contributed by atoms with E-state index >= 15 is 0 Å². The highest BCUT2D eigenvalue weighted by atomic mass is 32.2. The number of rotatable bonds is 6. The van der Waals surface area contributed by atoms with Gasteiger partial charge in [0.25, 0.3) is 0 Å². The normalized spacial score (nSPS) is 11.3. The highest BCUT2D eigenvalue weighted by Crippen LogP contribution is 2.28. The van der Waals surface area contributed by atoms with Gasteiger partial charge in [0.15, 0.2) is 5.16 Å². The second-order valence-corrected chi connectivity index (χ2v) is 8.91. The summed E-state index contributed by atoms with van der Waals surface area (Å²) in [4.78, 5) is 13.7. The average Bonchev–Trinajstić information content (AvgIpc) is 3.38. The lowest BCUT2D eigenvalue weighted by Crippen LogP contribution is -2.06. The van der Waals surface area contributed by atoms with Crippen LogP contribution in [0.5, 0.6) is 0 Å². The van der Waals surface area contributed by atoms with Gasteiger partial charge in [0, 0.05) is 37.7 Å². The molecule has 0 saturated carbocycles. The van der Waals surface area contributed by atoms with E-state index in [1.165, 1.54) is 16.7 Å². The maximum Gasteiger partial charge on any atom is 0.187 e. The lowest BCUT2D eigenvalue weighted by atomic mass is 10.1. The number of benzene rings is 2. The fourth-order valence-electron chi connectivity index (χ4n) is 3.84. The minimum atomic E-state index is 0.700. The van der Waals surface area contributed by atoms with Crippen molar-refractivity contribution in [3.63, 3.8) is 0 Å². The summed E-state index contributed by atoms with van der Waals surface area (Å²) in [6.45, 7) is 5.08. The Balaban J connectivity index is 1.59. The smallest absolute Gasteiger partial charge is 0.187 e. The molecule has 7 heteroatoms. The second kappa shape index (κ2) is 8.59. The van der Waals surface area contributed by atoms with Crippen LogP contribution in [-0.4, -0.2) is 29.3 Å². The highest BCUT2D eigenvalue weighted by Gasteiger charge is 2.15. The van der Waals surface area contributed by atoms with Gasteiger partial charge in [0.2, 0.25) is 0 Å². The van der Waals surface area contributed by atoms with Gasteiger partial charge in [-0.2, -0.15) is 5.10 Å². The first-order valence-corrected chi connectivity index (χ1v) is 11.5. The van der Waals surface area contributed by atoms with Crippen LogP contribution < -0.4 is 0 Å². The summed E-state index contributed by atoms with van der Waals surface area (Å²) in [5, 5.41) is 5.09. The largest absolute Gasteiger partial charge is 0.323 e. The van der Waals surface area contributed by atoms with Gasteiger partial charge in [-0.25, -0.2) is 15.0 Å². The number of aromatic nitrogens is 6. The van der Waals surface area contributed by atoms with E-state index in [0.29, 0.717) is 5.75 Å². The fourth-order valence-corrected chi connectivity index (χ4v) is 4.59. The van der Waals surface area contributed by atoms with Crippen molar-refractivity contribution in [3.8, 4) is 11.1 Å². The van der Waals surface area contributed by atoms with Gasteiger partial charge >= 0.3 is 0 Å². The van der Waals surface area contributed by atoms with Crippen molar-refractivity contribution in [2.45, 2.75) is 31.3 Å². The molecule has 0 amide bonds. The van der Waals surface area contributed by atoms with E-state index in [0.717, 1.165) is 39.7 Å². The zero-order valence-corrected chi connectivity index (χ0v) is 19.2. The minimum Gasteiger partial charge on any atom is -0.323 e. The average molecular weight is 441 g/mol. The van der Waals surface area contributed by atoms with E-state index in [4.69, 9.17) is 4.98 Å². The number of hydrogen-bond donors (Lipinski definition) is 0. The van der Waals surface area contributed by atoms with Crippen LogP contribution in [0.2, 0.25) is 0 Å². The Kier molecular flexibility index (Phi) is 5.49.